The molecule has 1 rings (SSSR count). The molecule has 4 heteroatoms. The summed E-state index contributed by atoms with van der Waals surface area (Å²) in [4.78, 5) is 10.8. The van der Waals surface area contributed by atoms with Gasteiger partial charge in [0.1, 0.15) is 12.4 Å². The van der Waals surface area contributed by atoms with Gasteiger partial charge in [-0.1, -0.05) is 11.8 Å². The Labute approximate surface area is 86.9 Å². The molecule has 1 aromatic rings. The summed E-state index contributed by atoms with van der Waals surface area (Å²) in [7, 11) is 0. The highest BCUT2D eigenvalue weighted by atomic mass is 19.1. The lowest BCUT2D eigenvalue weighted by Gasteiger charge is -2.04. The van der Waals surface area contributed by atoms with Gasteiger partial charge in [-0.2, -0.15) is 0 Å². The minimum absolute atomic E-state index is 0.256. The largest absolute Gasteiger partial charge is 0.384 e. The summed E-state index contributed by atoms with van der Waals surface area (Å²) in [6, 6.07) is 3.86. The number of carbonyl (C=O) groups is 1. The number of aliphatic hydroxyl groups is 1. The van der Waals surface area contributed by atoms with Gasteiger partial charge in [0.2, 0.25) is 5.91 Å². The molecule has 3 nitrogen and oxygen atoms in total. The number of benzene rings is 1. The van der Waals surface area contributed by atoms with Crippen molar-refractivity contribution < 1.29 is 14.3 Å². The van der Waals surface area contributed by atoms with Crippen LogP contribution >= 0.6 is 0 Å². The highest BCUT2D eigenvalue weighted by Crippen LogP contribution is 2.15. The van der Waals surface area contributed by atoms with E-state index in [9.17, 15) is 9.18 Å². The van der Waals surface area contributed by atoms with Crippen molar-refractivity contribution >= 4 is 11.6 Å². The van der Waals surface area contributed by atoms with Crippen molar-refractivity contribution in [1.82, 2.24) is 0 Å². The number of anilines is 1. The summed E-state index contributed by atoms with van der Waals surface area (Å²) in [5.41, 5.74) is 0.782. The number of hydrogen-bond donors (Lipinski definition) is 2. The highest BCUT2D eigenvalue weighted by Gasteiger charge is 2.02. The van der Waals surface area contributed by atoms with Crippen molar-refractivity contribution in [2.24, 2.45) is 0 Å². The molecule has 0 atom stereocenters. The van der Waals surface area contributed by atoms with E-state index in [-0.39, 0.29) is 12.5 Å². The molecule has 0 aromatic heterocycles. The number of nitrogens with one attached hydrogen (secondary N) is 1. The minimum Gasteiger partial charge on any atom is -0.384 e. The van der Waals surface area contributed by atoms with Crippen molar-refractivity contribution in [1.29, 1.82) is 0 Å². The maximum Gasteiger partial charge on any atom is 0.221 e. The van der Waals surface area contributed by atoms with E-state index in [0.29, 0.717) is 11.3 Å². The molecule has 1 amide bonds. The van der Waals surface area contributed by atoms with Crippen molar-refractivity contribution in [2.75, 3.05) is 11.9 Å². The van der Waals surface area contributed by atoms with Crippen molar-refractivity contribution in [2.45, 2.75) is 6.92 Å². The van der Waals surface area contributed by atoms with Crippen LogP contribution in [0, 0.1) is 17.7 Å². The summed E-state index contributed by atoms with van der Waals surface area (Å²) in [6.07, 6.45) is 0. The predicted molar refractivity (Wildman–Crippen MR) is 54.7 cm³/mol. The second-order valence-electron chi connectivity index (χ2n) is 2.83. The lowest BCUT2D eigenvalue weighted by atomic mass is 10.1. The first-order chi connectivity index (χ1) is 7.13. The SMILES string of the molecule is CC(=O)Nc1ccc(F)cc1C#CCO. The third-order valence-corrected chi connectivity index (χ3v) is 1.59. The molecule has 15 heavy (non-hydrogen) atoms. The van der Waals surface area contributed by atoms with Crippen LogP contribution in [0.3, 0.4) is 0 Å². The predicted octanol–water partition coefficient (Wildman–Crippen LogP) is 1.13. The summed E-state index contributed by atoms with van der Waals surface area (Å²) < 4.78 is 12.9. The minimum atomic E-state index is -0.439. The standard InChI is InChI=1S/C11H10FNO2/c1-8(15)13-11-5-4-10(12)7-9(11)3-2-6-14/h4-5,7,14H,6H2,1H3,(H,13,15). The zero-order valence-electron chi connectivity index (χ0n) is 8.17. The van der Waals surface area contributed by atoms with Gasteiger partial charge in [-0.25, -0.2) is 4.39 Å². The van der Waals surface area contributed by atoms with Gasteiger partial charge >= 0.3 is 0 Å². The van der Waals surface area contributed by atoms with E-state index in [1.165, 1.54) is 25.1 Å². The second-order valence-corrected chi connectivity index (χ2v) is 2.83. The van der Waals surface area contributed by atoms with Gasteiger partial charge in [-0.15, -0.1) is 0 Å². The van der Waals surface area contributed by atoms with Crippen LogP contribution in [0.5, 0.6) is 0 Å². The molecule has 78 valence electrons. The third kappa shape index (κ3) is 3.41. The average molecular weight is 207 g/mol. The number of halogens is 1. The third-order valence-electron chi connectivity index (χ3n) is 1.59. The Bertz CT molecular complexity index is 432. The molecule has 0 fully saturated rings. The van der Waals surface area contributed by atoms with Crippen LogP contribution < -0.4 is 5.32 Å². The Morgan fingerprint density at radius 1 is 1.60 bits per heavy atom. The first-order valence-corrected chi connectivity index (χ1v) is 4.30. The van der Waals surface area contributed by atoms with Gasteiger partial charge in [0.05, 0.1) is 11.3 Å². The molecular weight excluding hydrogens is 197 g/mol. The molecule has 0 radical (unpaired) electrons. The number of aliphatic hydroxyl groups excluding tert-OH is 1. The monoisotopic (exact) mass is 207 g/mol. The van der Waals surface area contributed by atoms with E-state index in [4.69, 9.17) is 5.11 Å². The molecule has 0 heterocycles. The van der Waals surface area contributed by atoms with Gasteiger partial charge < -0.3 is 10.4 Å². The average Bonchev–Trinajstić information content (AvgIpc) is 2.18. The maximum absolute atomic E-state index is 12.9. The zero-order chi connectivity index (χ0) is 11.3. The van der Waals surface area contributed by atoms with Crippen LogP contribution in [0.15, 0.2) is 18.2 Å². The number of rotatable bonds is 1. The number of carbonyl (C=O) groups excluding carboxylic acids is 1. The normalized spacial score (nSPS) is 9.00. The smallest absolute Gasteiger partial charge is 0.221 e. The Morgan fingerprint density at radius 2 is 2.33 bits per heavy atom. The van der Waals surface area contributed by atoms with Crippen LogP contribution in [0.1, 0.15) is 12.5 Å². The van der Waals surface area contributed by atoms with E-state index in [1.807, 2.05) is 0 Å². The molecule has 1 aromatic carbocycles. The van der Waals surface area contributed by atoms with Crippen LogP contribution in [0.4, 0.5) is 10.1 Å². The Kier molecular flexibility index (Phi) is 3.83. The lowest BCUT2D eigenvalue weighted by molar-refractivity contribution is -0.114. The van der Waals surface area contributed by atoms with E-state index in [1.54, 1.807) is 0 Å². The van der Waals surface area contributed by atoms with E-state index >= 15 is 0 Å². The lowest BCUT2D eigenvalue weighted by Crippen LogP contribution is -2.07. The molecule has 0 spiro atoms. The number of hydrogen-bond acceptors (Lipinski definition) is 2. The van der Waals surface area contributed by atoms with Crippen molar-refractivity contribution in [3.8, 4) is 11.8 Å². The van der Waals surface area contributed by atoms with Crippen molar-refractivity contribution in [3.05, 3.63) is 29.6 Å². The van der Waals surface area contributed by atoms with Gasteiger partial charge in [0, 0.05) is 6.92 Å². The first kappa shape index (κ1) is 11.2. The van der Waals surface area contributed by atoms with E-state index in [0.717, 1.165) is 0 Å². The van der Waals surface area contributed by atoms with E-state index < -0.39 is 5.82 Å². The molecule has 0 saturated carbocycles. The summed E-state index contributed by atoms with van der Waals surface area (Å²) in [5, 5.41) is 11.0. The second kappa shape index (κ2) is 5.13. The van der Waals surface area contributed by atoms with Crippen LogP contribution in [0.25, 0.3) is 0 Å². The summed E-state index contributed by atoms with van der Waals surface area (Å²) in [5.74, 6) is 4.25. The number of amides is 1. The summed E-state index contributed by atoms with van der Waals surface area (Å²) in [6.45, 7) is 1.04. The fourth-order valence-electron chi connectivity index (χ4n) is 1.05. The van der Waals surface area contributed by atoms with Crippen molar-refractivity contribution in [3.63, 3.8) is 0 Å². The summed E-state index contributed by atoms with van der Waals surface area (Å²) >= 11 is 0. The van der Waals surface area contributed by atoms with Crippen LogP contribution in [-0.4, -0.2) is 17.6 Å². The Balaban J connectivity index is 3.08. The fourth-order valence-corrected chi connectivity index (χ4v) is 1.05. The van der Waals surface area contributed by atoms with Gasteiger partial charge in [-0.05, 0) is 18.2 Å². The highest BCUT2D eigenvalue weighted by molar-refractivity contribution is 5.90. The maximum atomic E-state index is 12.9. The van der Waals surface area contributed by atoms with E-state index in [2.05, 4.69) is 17.2 Å². The molecular formula is C11H10FNO2. The van der Waals surface area contributed by atoms with Gasteiger partial charge in [-0.3, -0.25) is 4.79 Å². The van der Waals surface area contributed by atoms with Crippen LogP contribution in [0.2, 0.25) is 0 Å². The Morgan fingerprint density at radius 3 is 2.93 bits per heavy atom. The first-order valence-electron chi connectivity index (χ1n) is 4.30. The molecule has 0 aliphatic carbocycles. The molecule has 0 aliphatic heterocycles. The molecule has 0 bridgehead atoms. The molecule has 2 N–H and O–H groups in total. The molecule has 0 unspecified atom stereocenters. The topological polar surface area (TPSA) is 49.3 Å². The zero-order valence-corrected chi connectivity index (χ0v) is 8.17. The van der Waals surface area contributed by atoms with Gasteiger partial charge in [0.15, 0.2) is 0 Å². The van der Waals surface area contributed by atoms with Crippen LogP contribution in [-0.2, 0) is 4.79 Å². The quantitative estimate of drug-likeness (QED) is 0.678. The molecule has 0 aliphatic rings. The Hall–Kier alpha value is -1.86. The fraction of sp³-hybridized carbons (Fsp3) is 0.182. The van der Waals surface area contributed by atoms with Gasteiger partial charge in [0.25, 0.3) is 0 Å². The molecule has 0 saturated heterocycles.